The number of nitrogen functional groups attached to an aromatic ring is 1. The number of aryl methyl sites for hydroxylation is 1. The molecule has 0 aliphatic carbocycles. The number of aromatic nitrogens is 2. The number of thiophene rings is 1. The summed E-state index contributed by atoms with van der Waals surface area (Å²) >= 11 is 5.12. The molecule has 0 atom stereocenters. The van der Waals surface area contributed by atoms with Crippen molar-refractivity contribution in [3.63, 3.8) is 0 Å². The van der Waals surface area contributed by atoms with E-state index in [2.05, 4.69) is 26.3 Å². The molecule has 5 heteroatoms. The fourth-order valence-corrected chi connectivity index (χ4v) is 3.09. The van der Waals surface area contributed by atoms with Crippen LogP contribution in [0.5, 0.6) is 0 Å². The normalized spacial score (nSPS) is 11.2. The molecule has 0 radical (unpaired) electrons. The van der Waals surface area contributed by atoms with Crippen molar-refractivity contribution in [3.05, 3.63) is 39.1 Å². The van der Waals surface area contributed by atoms with Gasteiger partial charge in [-0.25, -0.2) is 4.98 Å². The number of imidazole rings is 1. The van der Waals surface area contributed by atoms with Gasteiger partial charge < -0.3 is 5.73 Å². The van der Waals surface area contributed by atoms with E-state index >= 15 is 0 Å². The largest absolute Gasteiger partial charge is 0.383 e. The van der Waals surface area contributed by atoms with E-state index in [9.17, 15) is 0 Å². The minimum atomic E-state index is 0.683. The van der Waals surface area contributed by atoms with E-state index in [1.165, 1.54) is 0 Å². The van der Waals surface area contributed by atoms with E-state index in [1.54, 1.807) is 11.3 Å². The van der Waals surface area contributed by atoms with E-state index in [1.807, 2.05) is 35.0 Å². The first-order chi connectivity index (χ1) is 8.16. The third-order valence-corrected chi connectivity index (χ3v) is 3.82. The molecule has 0 aliphatic rings. The van der Waals surface area contributed by atoms with E-state index in [-0.39, 0.29) is 0 Å². The monoisotopic (exact) mass is 307 g/mol. The van der Waals surface area contributed by atoms with Crippen LogP contribution in [0.25, 0.3) is 16.9 Å². The van der Waals surface area contributed by atoms with Crippen LogP contribution in [0.2, 0.25) is 0 Å². The number of halogens is 1. The molecule has 0 aromatic carbocycles. The first kappa shape index (κ1) is 10.8. The van der Waals surface area contributed by atoms with Gasteiger partial charge in [0.2, 0.25) is 0 Å². The van der Waals surface area contributed by atoms with Crippen molar-refractivity contribution in [2.75, 3.05) is 5.73 Å². The molecule has 0 saturated carbocycles. The minimum Gasteiger partial charge on any atom is -0.383 e. The van der Waals surface area contributed by atoms with Gasteiger partial charge >= 0.3 is 0 Å². The molecule has 3 heterocycles. The summed E-state index contributed by atoms with van der Waals surface area (Å²) in [7, 11) is 0. The number of nitrogens with two attached hydrogens (primary N) is 1. The van der Waals surface area contributed by atoms with Crippen LogP contribution in [0, 0.1) is 6.92 Å². The number of rotatable bonds is 1. The van der Waals surface area contributed by atoms with Gasteiger partial charge in [0.15, 0.2) is 0 Å². The standard InChI is InChI=1S/C12H10BrN3S/c1-7-4-9(13)5-16-11(14)10(15-12(7)16)8-2-3-17-6-8/h2-6H,14H2,1H3. The van der Waals surface area contributed by atoms with Crippen LogP contribution < -0.4 is 5.73 Å². The Bertz CT molecular complexity index is 685. The zero-order chi connectivity index (χ0) is 12.0. The molecule has 3 aromatic rings. The van der Waals surface area contributed by atoms with E-state index in [4.69, 9.17) is 5.73 Å². The van der Waals surface area contributed by atoms with Crippen LogP contribution in [-0.4, -0.2) is 9.38 Å². The van der Waals surface area contributed by atoms with Crippen LogP contribution >= 0.6 is 27.3 Å². The highest BCUT2D eigenvalue weighted by atomic mass is 79.9. The van der Waals surface area contributed by atoms with Gasteiger partial charge in [-0.05, 0) is 45.9 Å². The summed E-state index contributed by atoms with van der Waals surface area (Å²) in [5, 5.41) is 4.09. The SMILES string of the molecule is Cc1cc(Br)cn2c(N)c(-c3ccsc3)nc12. The molecule has 3 rings (SSSR count). The summed E-state index contributed by atoms with van der Waals surface area (Å²) in [5.74, 6) is 0.683. The molecule has 17 heavy (non-hydrogen) atoms. The van der Waals surface area contributed by atoms with Crippen molar-refractivity contribution < 1.29 is 0 Å². The van der Waals surface area contributed by atoms with E-state index in [0.717, 1.165) is 26.9 Å². The van der Waals surface area contributed by atoms with Gasteiger partial charge in [-0.2, -0.15) is 11.3 Å². The topological polar surface area (TPSA) is 43.3 Å². The van der Waals surface area contributed by atoms with Crippen molar-refractivity contribution in [2.45, 2.75) is 6.92 Å². The maximum atomic E-state index is 6.15. The highest BCUT2D eigenvalue weighted by Crippen LogP contribution is 2.30. The lowest BCUT2D eigenvalue weighted by Gasteiger charge is -2.00. The summed E-state index contributed by atoms with van der Waals surface area (Å²) in [6.07, 6.45) is 1.94. The Balaban J connectivity index is 2.36. The average Bonchev–Trinajstić information content (AvgIpc) is 2.87. The first-order valence-corrected chi connectivity index (χ1v) is 6.86. The molecule has 0 amide bonds. The molecule has 3 aromatic heterocycles. The summed E-state index contributed by atoms with van der Waals surface area (Å²) < 4.78 is 2.93. The Morgan fingerprint density at radius 3 is 3.00 bits per heavy atom. The first-order valence-electron chi connectivity index (χ1n) is 5.13. The second kappa shape index (κ2) is 3.85. The number of hydrogen-bond donors (Lipinski definition) is 1. The fourth-order valence-electron chi connectivity index (χ4n) is 1.90. The van der Waals surface area contributed by atoms with Gasteiger partial charge in [0.25, 0.3) is 0 Å². The third kappa shape index (κ3) is 1.66. The predicted molar refractivity (Wildman–Crippen MR) is 75.4 cm³/mol. The second-order valence-electron chi connectivity index (χ2n) is 3.89. The van der Waals surface area contributed by atoms with Crippen LogP contribution in [0.4, 0.5) is 5.82 Å². The Labute approximate surface area is 111 Å². The number of nitrogens with zero attached hydrogens (tertiary/aromatic N) is 2. The van der Waals surface area contributed by atoms with Gasteiger partial charge in [0.05, 0.1) is 0 Å². The maximum Gasteiger partial charge on any atom is 0.142 e. The lowest BCUT2D eigenvalue weighted by Crippen LogP contribution is -1.94. The summed E-state index contributed by atoms with van der Waals surface area (Å²) in [6, 6.07) is 4.08. The lowest BCUT2D eigenvalue weighted by molar-refractivity contribution is 1.16. The number of anilines is 1. The highest BCUT2D eigenvalue weighted by Gasteiger charge is 2.13. The maximum absolute atomic E-state index is 6.15. The molecule has 86 valence electrons. The summed E-state index contributed by atoms with van der Waals surface area (Å²) in [5.41, 5.74) is 10.1. The summed E-state index contributed by atoms with van der Waals surface area (Å²) in [6.45, 7) is 2.03. The Morgan fingerprint density at radius 2 is 2.29 bits per heavy atom. The van der Waals surface area contributed by atoms with Crippen molar-refractivity contribution >= 4 is 38.7 Å². The molecule has 0 spiro atoms. The van der Waals surface area contributed by atoms with Crippen LogP contribution in [0.3, 0.4) is 0 Å². The highest BCUT2D eigenvalue weighted by molar-refractivity contribution is 9.10. The molecule has 0 fully saturated rings. The molecule has 0 bridgehead atoms. The van der Waals surface area contributed by atoms with Crippen molar-refractivity contribution in [3.8, 4) is 11.3 Å². The number of fused-ring (bicyclic) bond motifs is 1. The smallest absolute Gasteiger partial charge is 0.142 e. The van der Waals surface area contributed by atoms with Crippen molar-refractivity contribution in [2.24, 2.45) is 0 Å². The van der Waals surface area contributed by atoms with Crippen molar-refractivity contribution in [1.82, 2.24) is 9.38 Å². The molecule has 3 nitrogen and oxygen atoms in total. The Hall–Kier alpha value is -1.33. The van der Waals surface area contributed by atoms with Crippen molar-refractivity contribution in [1.29, 1.82) is 0 Å². The van der Waals surface area contributed by atoms with Crippen LogP contribution in [0.1, 0.15) is 5.56 Å². The number of hydrogen-bond acceptors (Lipinski definition) is 3. The lowest BCUT2D eigenvalue weighted by atomic mass is 10.2. The van der Waals surface area contributed by atoms with Gasteiger partial charge in [-0.15, -0.1) is 0 Å². The van der Waals surface area contributed by atoms with E-state index in [0.29, 0.717) is 5.82 Å². The van der Waals surface area contributed by atoms with Crippen LogP contribution in [-0.2, 0) is 0 Å². The molecular weight excluding hydrogens is 298 g/mol. The van der Waals surface area contributed by atoms with Gasteiger partial charge in [-0.1, -0.05) is 0 Å². The second-order valence-corrected chi connectivity index (χ2v) is 5.59. The summed E-state index contributed by atoms with van der Waals surface area (Å²) in [4.78, 5) is 4.62. The average molecular weight is 308 g/mol. The van der Waals surface area contributed by atoms with E-state index < -0.39 is 0 Å². The molecule has 0 aliphatic heterocycles. The Morgan fingerprint density at radius 1 is 1.47 bits per heavy atom. The quantitative estimate of drug-likeness (QED) is 0.744. The minimum absolute atomic E-state index is 0.683. The van der Waals surface area contributed by atoms with Gasteiger partial charge in [0.1, 0.15) is 17.2 Å². The zero-order valence-electron chi connectivity index (χ0n) is 9.14. The predicted octanol–water partition coefficient (Wildman–Crippen LogP) is 3.72. The third-order valence-electron chi connectivity index (χ3n) is 2.70. The van der Waals surface area contributed by atoms with Gasteiger partial charge in [0, 0.05) is 21.6 Å². The van der Waals surface area contributed by atoms with Crippen LogP contribution in [0.15, 0.2) is 33.6 Å². The fraction of sp³-hybridized carbons (Fsp3) is 0.0833. The molecule has 0 saturated heterocycles. The molecular formula is C12H10BrN3S. The molecule has 2 N–H and O–H groups in total. The van der Waals surface area contributed by atoms with Gasteiger partial charge in [-0.3, -0.25) is 4.40 Å². The Kier molecular flexibility index (Phi) is 2.45. The number of pyridine rings is 1. The zero-order valence-corrected chi connectivity index (χ0v) is 11.5. The molecule has 0 unspecified atom stereocenters.